The summed E-state index contributed by atoms with van der Waals surface area (Å²) in [5.41, 5.74) is 1.59. The highest BCUT2D eigenvalue weighted by Crippen LogP contribution is 2.25. The van der Waals surface area contributed by atoms with Crippen LogP contribution < -0.4 is 10.6 Å². The molecule has 1 fully saturated rings. The molecule has 0 spiro atoms. The fraction of sp³-hybridized carbons (Fsp3) is 0.389. The summed E-state index contributed by atoms with van der Waals surface area (Å²) in [5.74, 6) is 0.144. The van der Waals surface area contributed by atoms with Crippen LogP contribution in [0.2, 0.25) is 0 Å². The Morgan fingerprint density at radius 3 is 2.57 bits per heavy atom. The number of anilines is 1. The van der Waals surface area contributed by atoms with Crippen LogP contribution in [0, 0.1) is 17.2 Å². The van der Waals surface area contributed by atoms with Gasteiger partial charge < -0.3 is 10.6 Å². The molecule has 0 aliphatic heterocycles. The largest absolute Gasteiger partial charge is 0.348 e. The Morgan fingerprint density at radius 1 is 1.22 bits per heavy atom. The van der Waals surface area contributed by atoms with Gasteiger partial charge in [-0.3, -0.25) is 9.59 Å². The molecule has 23 heavy (non-hydrogen) atoms. The first kappa shape index (κ1) is 16.8. The van der Waals surface area contributed by atoms with Crippen LogP contribution in [0.3, 0.4) is 0 Å². The Kier molecular flexibility index (Phi) is 6.37. The van der Waals surface area contributed by atoms with Gasteiger partial charge in [0.2, 0.25) is 11.8 Å². The summed E-state index contributed by atoms with van der Waals surface area (Å²) >= 11 is 0. The molecule has 2 rings (SSSR count). The first-order valence-corrected chi connectivity index (χ1v) is 7.89. The maximum atomic E-state index is 11.8. The first-order chi connectivity index (χ1) is 11.2. The van der Waals surface area contributed by atoms with Crippen molar-refractivity contribution in [2.75, 3.05) is 5.32 Å². The molecule has 5 heteroatoms. The number of hydrogen-bond acceptors (Lipinski definition) is 3. The number of nitrogens with one attached hydrogen (secondary N) is 2. The van der Waals surface area contributed by atoms with Gasteiger partial charge in [-0.2, -0.15) is 5.26 Å². The van der Waals surface area contributed by atoms with Crippen molar-refractivity contribution in [3.63, 3.8) is 0 Å². The average molecular weight is 311 g/mol. The first-order valence-electron chi connectivity index (χ1n) is 7.89. The van der Waals surface area contributed by atoms with Crippen LogP contribution in [-0.2, 0) is 16.1 Å². The summed E-state index contributed by atoms with van der Waals surface area (Å²) < 4.78 is 0. The standard InChI is InChI=1S/C18H21N3O2/c19-12-11-18(23)21-16-8-5-15(6-9-16)13-20-17(22)10-7-14-3-1-2-4-14/h5-10,14H,1-4,11,13H2,(H,20,22)(H,21,23)/b10-7+. The lowest BCUT2D eigenvalue weighted by molar-refractivity contribution is -0.117. The predicted molar refractivity (Wildman–Crippen MR) is 88.2 cm³/mol. The molecular formula is C18H21N3O2. The highest BCUT2D eigenvalue weighted by atomic mass is 16.2. The summed E-state index contributed by atoms with van der Waals surface area (Å²) in [6.07, 6.45) is 8.36. The van der Waals surface area contributed by atoms with Gasteiger partial charge in [-0.15, -0.1) is 0 Å². The van der Waals surface area contributed by atoms with Gasteiger partial charge in [-0.25, -0.2) is 0 Å². The molecule has 0 radical (unpaired) electrons. The molecule has 1 saturated carbocycles. The van der Waals surface area contributed by atoms with Crippen molar-refractivity contribution >= 4 is 17.5 Å². The number of hydrogen-bond donors (Lipinski definition) is 2. The molecule has 0 aromatic heterocycles. The van der Waals surface area contributed by atoms with E-state index in [-0.39, 0.29) is 18.2 Å². The van der Waals surface area contributed by atoms with Gasteiger partial charge >= 0.3 is 0 Å². The molecule has 1 aromatic rings. The maximum Gasteiger partial charge on any atom is 0.243 e. The number of rotatable bonds is 6. The summed E-state index contributed by atoms with van der Waals surface area (Å²) in [6, 6.07) is 8.98. The minimum Gasteiger partial charge on any atom is -0.348 e. The second kappa shape index (κ2) is 8.74. The second-order valence-corrected chi connectivity index (χ2v) is 5.70. The SMILES string of the molecule is N#CCC(=O)Nc1ccc(CNC(=O)/C=C/C2CCCC2)cc1. The smallest absolute Gasteiger partial charge is 0.243 e. The number of allylic oxidation sites excluding steroid dienone is 1. The van der Waals surface area contributed by atoms with E-state index in [0.717, 1.165) is 5.56 Å². The van der Waals surface area contributed by atoms with Gasteiger partial charge in [0.05, 0.1) is 6.07 Å². The van der Waals surface area contributed by atoms with Crippen molar-refractivity contribution < 1.29 is 9.59 Å². The van der Waals surface area contributed by atoms with E-state index in [1.165, 1.54) is 25.7 Å². The molecule has 0 unspecified atom stereocenters. The van der Waals surface area contributed by atoms with Gasteiger partial charge in [0.15, 0.2) is 0 Å². The van der Waals surface area contributed by atoms with Gasteiger partial charge in [-0.1, -0.05) is 31.1 Å². The molecule has 1 aliphatic rings. The van der Waals surface area contributed by atoms with E-state index in [0.29, 0.717) is 18.2 Å². The summed E-state index contributed by atoms with van der Waals surface area (Å²) in [6.45, 7) is 0.445. The number of carbonyl (C=O) groups excluding carboxylic acids is 2. The Hall–Kier alpha value is -2.61. The molecule has 0 saturated heterocycles. The molecule has 0 heterocycles. The molecule has 120 valence electrons. The second-order valence-electron chi connectivity index (χ2n) is 5.70. The molecule has 1 aliphatic carbocycles. The van der Waals surface area contributed by atoms with Crippen LogP contribution >= 0.6 is 0 Å². The van der Waals surface area contributed by atoms with Gasteiger partial charge in [0.25, 0.3) is 0 Å². The van der Waals surface area contributed by atoms with E-state index in [4.69, 9.17) is 5.26 Å². The van der Waals surface area contributed by atoms with E-state index >= 15 is 0 Å². The lowest BCUT2D eigenvalue weighted by Crippen LogP contribution is -2.20. The van der Waals surface area contributed by atoms with Crippen LogP contribution in [0.4, 0.5) is 5.69 Å². The fourth-order valence-corrected chi connectivity index (χ4v) is 2.60. The maximum absolute atomic E-state index is 11.8. The third-order valence-electron chi connectivity index (χ3n) is 3.86. The Balaban J connectivity index is 1.76. The fourth-order valence-electron chi connectivity index (χ4n) is 2.60. The lowest BCUT2D eigenvalue weighted by atomic mass is 10.1. The van der Waals surface area contributed by atoms with Crippen LogP contribution in [0.25, 0.3) is 0 Å². The van der Waals surface area contributed by atoms with Gasteiger partial charge in [-0.05, 0) is 42.5 Å². The molecule has 2 amide bonds. The number of amides is 2. The number of nitriles is 1. The lowest BCUT2D eigenvalue weighted by Gasteiger charge is -2.06. The van der Waals surface area contributed by atoms with Crippen molar-refractivity contribution in [3.05, 3.63) is 42.0 Å². The van der Waals surface area contributed by atoms with Crippen molar-refractivity contribution in [1.29, 1.82) is 5.26 Å². The van der Waals surface area contributed by atoms with Crippen LogP contribution in [-0.4, -0.2) is 11.8 Å². The minimum absolute atomic E-state index is 0.0803. The van der Waals surface area contributed by atoms with Crippen molar-refractivity contribution in [2.24, 2.45) is 5.92 Å². The van der Waals surface area contributed by atoms with E-state index in [1.54, 1.807) is 24.3 Å². The molecule has 0 atom stereocenters. The van der Waals surface area contributed by atoms with Crippen molar-refractivity contribution in [3.8, 4) is 6.07 Å². The van der Waals surface area contributed by atoms with Crippen LogP contribution in [0.15, 0.2) is 36.4 Å². The summed E-state index contributed by atoms with van der Waals surface area (Å²) in [7, 11) is 0. The van der Waals surface area contributed by atoms with Gasteiger partial charge in [0, 0.05) is 12.2 Å². The Morgan fingerprint density at radius 2 is 1.91 bits per heavy atom. The molecule has 0 bridgehead atoms. The average Bonchev–Trinajstić information content (AvgIpc) is 3.06. The predicted octanol–water partition coefficient (Wildman–Crippen LogP) is 2.90. The van der Waals surface area contributed by atoms with Crippen molar-refractivity contribution in [1.82, 2.24) is 5.32 Å². The summed E-state index contributed by atoms with van der Waals surface area (Å²) in [4.78, 5) is 23.1. The normalized spacial score (nSPS) is 14.6. The third kappa shape index (κ3) is 5.95. The number of benzene rings is 1. The Labute approximate surface area is 136 Å². The van der Waals surface area contributed by atoms with Crippen LogP contribution in [0.1, 0.15) is 37.7 Å². The van der Waals surface area contributed by atoms with E-state index in [2.05, 4.69) is 10.6 Å². The van der Waals surface area contributed by atoms with E-state index in [9.17, 15) is 9.59 Å². The van der Waals surface area contributed by atoms with Gasteiger partial charge in [0.1, 0.15) is 6.42 Å². The number of carbonyl (C=O) groups is 2. The monoisotopic (exact) mass is 311 g/mol. The van der Waals surface area contributed by atoms with Crippen LogP contribution in [0.5, 0.6) is 0 Å². The highest BCUT2D eigenvalue weighted by Gasteiger charge is 2.11. The summed E-state index contributed by atoms with van der Waals surface area (Å²) in [5, 5.41) is 13.9. The minimum atomic E-state index is -0.328. The quantitative estimate of drug-likeness (QED) is 0.792. The number of nitrogens with zero attached hydrogens (tertiary/aromatic N) is 1. The van der Waals surface area contributed by atoms with E-state index < -0.39 is 0 Å². The molecule has 2 N–H and O–H groups in total. The Bertz CT molecular complexity index is 608. The zero-order valence-electron chi connectivity index (χ0n) is 13.0. The van der Waals surface area contributed by atoms with E-state index in [1.807, 2.05) is 18.2 Å². The molecular weight excluding hydrogens is 290 g/mol. The third-order valence-corrected chi connectivity index (χ3v) is 3.86. The molecule has 5 nitrogen and oxygen atoms in total. The highest BCUT2D eigenvalue weighted by molar-refractivity contribution is 5.92. The topological polar surface area (TPSA) is 82.0 Å². The van der Waals surface area contributed by atoms with Crippen molar-refractivity contribution in [2.45, 2.75) is 38.6 Å². The molecule has 1 aromatic carbocycles. The zero-order chi connectivity index (χ0) is 16.5. The zero-order valence-corrected chi connectivity index (χ0v) is 13.0.